The Bertz CT molecular complexity index is 827. The van der Waals surface area contributed by atoms with Gasteiger partial charge in [0.25, 0.3) is 0 Å². The van der Waals surface area contributed by atoms with Crippen molar-refractivity contribution in [3.05, 3.63) is 78.5 Å². The van der Waals surface area contributed by atoms with E-state index < -0.39 is 0 Å². The van der Waals surface area contributed by atoms with Crippen molar-refractivity contribution in [3.63, 3.8) is 0 Å². The molecule has 0 bridgehead atoms. The zero-order valence-electron chi connectivity index (χ0n) is 15.7. The average molecular weight is 358 g/mol. The molecule has 1 saturated heterocycles. The molecule has 1 aliphatic heterocycles. The Morgan fingerprint density at radius 1 is 0.778 bits per heavy atom. The fourth-order valence-electron chi connectivity index (χ4n) is 3.60. The van der Waals surface area contributed by atoms with Crippen molar-refractivity contribution in [2.24, 2.45) is 0 Å². The van der Waals surface area contributed by atoms with Crippen LogP contribution in [0.25, 0.3) is 0 Å². The molecule has 0 saturated carbocycles. The molecule has 4 rings (SSSR count). The summed E-state index contributed by atoms with van der Waals surface area (Å²) in [6.07, 6.45) is 7.01. The second kappa shape index (κ2) is 8.67. The number of nitrogens with zero attached hydrogens (tertiary/aromatic N) is 4. The molecule has 1 aliphatic rings. The SMILES string of the molecule is c1ccc(CN(c2ccccc2)c2nccc(N3CCCCCC3)n2)cc1. The first-order chi connectivity index (χ1) is 13.4. The van der Waals surface area contributed by atoms with E-state index in [1.54, 1.807) is 0 Å². The summed E-state index contributed by atoms with van der Waals surface area (Å²) in [4.78, 5) is 14.2. The molecular weight excluding hydrogens is 332 g/mol. The van der Waals surface area contributed by atoms with Gasteiger partial charge in [-0.3, -0.25) is 0 Å². The van der Waals surface area contributed by atoms with Crippen LogP contribution in [-0.2, 0) is 6.54 Å². The fourth-order valence-corrected chi connectivity index (χ4v) is 3.60. The van der Waals surface area contributed by atoms with Crippen LogP contribution >= 0.6 is 0 Å². The van der Waals surface area contributed by atoms with Gasteiger partial charge in [0.05, 0.1) is 6.54 Å². The smallest absolute Gasteiger partial charge is 0.232 e. The van der Waals surface area contributed by atoms with Crippen LogP contribution in [0, 0.1) is 0 Å². The number of anilines is 3. The standard InChI is InChI=1S/C23H26N4/c1-2-10-18-26(17-9-1)22-15-16-24-23(25-22)27(21-13-7-4-8-14-21)19-20-11-5-3-6-12-20/h3-8,11-16H,1-2,9-10,17-19H2. The number of hydrogen-bond acceptors (Lipinski definition) is 4. The first-order valence-electron chi connectivity index (χ1n) is 9.85. The third-order valence-electron chi connectivity index (χ3n) is 5.05. The quantitative estimate of drug-likeness (QED) is 0.628. The predicted molar refractivity (Wildman–Crippen MR) is 111 cm³/mol. The highest BCUT2D eigenvalue weighted by Gasteiger charge is 2.16. The second-order valence-corrected chi connectivity index (χ2v) is 7.02. The van der Waals surface area contributed by atoms with Crippen LogP contribution in [0.3, 0.4) is 0 Å². The van der Waals surface area contributed by atoms with E-state index >= 15 is 0 Å². The van der Waals surface area contributed by atoms with Gasteiger partial charge in [0.1, 0.15) is 5.82 Å². The summed E-state index contributed by atoms with van der Waals surface area (Å²) in [5, 5.41) is 0. The van der Waals surface area contributed by atoms with Crippen LogP contribution in [0.2, 0.25) is 0 Å². The van der Waals surface area contributed by atoms with Crippen molar-refractivity contribution < 1.29 is 0 Å². The second-order valence-electron chi connectivity index (χ2n) is 7.02. The van der Waals surface area contributed by atoms with E-state index in [4.69, 9.17) is 4.98 Å². The number of rotatable bonds is 5. The van der Waals surface area contributed by atoms with E-state index in [0.29, 0.717) is 0 Å². The van der Waals surface area contributed by atoms with Crippen molar-refractivity contribution in [2.75, 3.05) is 22.9 Å². The molecule has 4 heteroatoms. The average Bonchev–Trinajstić information content (AvgIpc) is 3.03. The Morgan fingerprint density at radius 2 is 1.44 bits per heavy atom. The van der Waals surface area contributed by atoms with Crippen molar-refractivity contribution in [2.45, 2.75) is 32.2 Å². The Hall–Kier alpha value is -2.88. The van der Waals surface area contributed by atoms with E-state index in [9.17, 15) is 0 Å². The summed E-state index contributed by atoms with van der Waals surface area (Å²) in [7, 11) is 0. The molecule has 27 heavy (non-hydrogen) atoms. The van der Waals surface area contributed by atoms with Crippen LogP contribution in [0.1, 0.15) is 31.2 Å². The van der Waals surface area contributed by atoms with Crippen molar-refractivity contribution in [1.82, 2.24) is 9.97 Å². The van der Waals surface area contributed by atoms with Gasteiger partial charge in [0.2, 0.25) is 5.95 Å². The zero-order valence-corrected chi connectivity index (χ0v) is 15.7. The molecule has 0 spiro atoms. The van der Waals surface area contributed by atoms with Gasteiger partial charge in [0, 0.05) is 25.0 Å². The first-order valence-corrected chi connectivity index (χ1v) is 9.85. The highest BCUT2D eigenvalue weighted by molar-refractivity contribution is 5.59. The predicted octanol–water partition coefficient (Wildman–Crippen LogP) is 5.20. The molecule has 0 amide bonds. The molecular formula is C23H26N4. The van der Waals surface area contributed by atoms with Crippen molar-refractivity contribution in [1.29, 1.82) is 0 Å². The molecule has 0 unspecified atom stereocenters. The van der Waals surface area contributed by atoms with E-state index in [1.807, 2.05) is 24.4 Å². The van der Waals surface area contributed by atoms with E-state index in [1.165, 1.54) is 31.2 Å². The highest BCUT2D eigenvalue weighted by atomic mass is 15.3. The lowest BCUT2D eigenvalue weighted by Gasteiger charge is -2.26. The van der Waals surface area contributed by atoms with Gasteiger partial charge in [-0.1, -0.05) is 61.4 Å². The molecule has 4 nitrogen and oxygen atoms in total. The third kappa shape index (κ3) is 4.45. The first kappa shape index (κ1) is 17.5. The Kier molecular flexibility index (Phi) is 5.63. The largest absolute Gasteiger partial charge is 0.356 e. The van der Waals surface area contributed by atoms with E-state index in [2.05, 4.69) is 63.3 Å². The monoisotopic (exact) mass is 358 g/mol. The van der Waals surface area contributed by atoms with Crippen LogP contribution in [-0.4, -0.2) is 23.1 Å². The van der Waals surface area contributed by atoms with Crippen LogP contribution in [0.5, 0.6) is 0 Å². The lowest BCUT2D eigenvalue weighted by Crippen LogP contribution is -2.26. The van der Waals surface area contributed by atoms with E-state index in [-0.39, 0.29) is 0 Å². The molecule has 1 aromatic heterocycles. The summed E-state index contributed by atoms with van der Waals surface area (Å²) in [5.74, 6) is 1.79. The molecule has 2 heterocycles. The highest BCUT2D eigenvalue weighted by Crippen LogP contribution is 2.26. The van der Waals surface area contributed by atoms with Gasteiger partial charge >= 0.3 is 0 Å². The minimum atomic E-state index is 0.744. The summed E-state index contributed by atoms with van der Waals surface area (Å²) in [6.45, 7) is 2.91. The minimum Gasteiger partial charge on any atom is -0.356 e. The number of aromatic nitrogens is 2. The summed E-state index contributed by atoms with van der Waals surface area (Å²) in [6, 6.07) is 22.9. The van der Waals surface area contributed by atoms with Gasteiger partial charge < -0.3 is 9.80 Å². The van der Waals surface area contributed by atoms with Crippen LogP contribution in [0.15, 0.2) is 72.9 Å². The maximum Gasteiger partial charge on any atom is 0.232 e. The van der Waals surface area contributed by atoms with Crippen molar-refractivity contribution in [3.8, 4) is 0 Å². The van der Waals surface area contributed by atoms with Gasteiger partial charge in [-0.25, -0.2) is 4.98 Å². The van der Waals surface area contributed by atoms with Gasteiger partial charge in [-0.05, 0) is 36.6 Å². The van der Waals surface area contributed by atoms with Gasteiger partial charge in [-0.2, -0.15) is 4.98 Å². The molecule has 0 N–H and O–H groups in total. The molecule has 0 radical (unpaired) electrons. The number of hydrogen-bond donors (Lipinski definition) is 0. The third-order valence-corrected chi connectivity index (χ3v) is 5.05. The maximum atomic E-state index is 4.95. The van der Waals surface area contributed by atoms with Gasteiger partial charge in [0.15, 0.2) is 0 Å². The molecule has 1 fully saturated rings. The maximum absolute atomic E-state index is 4.95. The topological polar surface area (TPSA) is 32.3 Å². The lowest BCUT2D eigenvalue weighted by molar-refractivity contribution is 0.726. The van der Waals surface area contributed by atoms with Crippen LogP contribution < -0.4 is 9.80 Å². The minimum absolute atomic E-state index is 0.744. The Balaban J connectivity index is 1.66. The van der Waals surface area contributed by atoms with Gasteiger partial charge in [-0.15, -0.1) is 0 Å². The molecule has 3 aromatic rings. The van der Waals surface area contributed by atoms with Crippen molar-refractivity contribution >= 4 is 17.5 Å². The number of para-hydroxylation sites is 1. The molecule has 0 atom stereocenters. The Morgan fingerprint density at radius 3 is 2.15 bits per heavy atom. The molecule has 138 valence electrons. The normalized spacial score (nSPS) is 14.6. The lowest BCUT2D eigenvalue weighted by atomic mass is 10.2. The molecule has 0 aliphatic carbocycles. The Labute approximate surface area is 161 Å². The summed E-state index contributed by atoms with van der Waals surface area (Å²) in [5.41, 5.74) is 2.35. The summed E-state index contributed by atoms with van der Waals surface area (Å²) < 4.78 is 0. The van der Waals surface area contributed by atoms with Crippen LogP contribution in [0.4, 0.5) is 17.5 Å². The fraction of sp³-hybridized carbons (Fsp3) is 0.304. The molecule has 2 aromatic carbocycles. The summed E-state index contributed by atoms with van der Waals surface area (Å²) >= 11 is 0. The zero-order chi connectivity index (χ0) is 18.3. The van der Waals surface area contributed by atoms with E-state index in [0.717, 1.165) is 37.1 Å². The number of benzene rings is 2.